The van der Waals surface area contributed by atoms with Gasteiger partial charge >= 0.3 is 0 Å². The van der Waals surface area contributed by atoms with Crippen molar-refractivity contribution in [1.29, 1.82) is 0 Å². The number of aliphatic hydroxyl groups is 1. The van der Waals surface area contributed by atoms with Crippen LogP contribution in [0.1, 0.15) is 36.8 Å². The van der Waals surface area contributed by atoms with Crippen LogP contribution in [-0.4, -0.2) is 57.0 Å². The molecule has 1 N–H and O–H groups in total. The quantitative estimate of drug-likeness (QED) is 0.154. The van der Waals surface area contributed by atoms with E-state index in [-0.39, 0.29) is 41.9 Å². The lowest BCUT2D eigenvalue weighted by Crippen LogP contribution is -2.27. The zero-order chi connectivity index (χ0) is 29.2. The average molecular weight is 576 g/mol. The van der Waals surface area contributed by atoms with E-state index >= 15 is 0 Å². The maximum Gasteiger partial charge on any atom is 0.253 e. The third-order valence-electron chi connectivity index (χ3n) is 6.80. The number of aliphatic hydroxyl groups excluding tert-OH is 1. The fourth-order valence-electron chi connectivity index (χ4n) is 4.51. The zero-order valence-electron chi connectivity index (χ0n) is 24.4. The molecule has 4 aromatic rings. The number of unbranched alkanes of at least 4 members (excludes halogenated alkanes) is 1. The third-order valence-corrected chi connectivity index (χ3v) is 8.50. The van der Waals surface area contributed by atoms with Crippen molar-refractivity contribution in [2.75, 3.05) is 13.2 Å². The molecule has 9 nitrogen and oxygen atoms in total. The van der Waals surface area contributed by atoms with Crippen LogP contribution in [0.25, 0.3) is 11.5 Å². The highest BCUT2D eigenvalue weighted by molar-refractivity contribution is 6.76. The molecule has 2 aromatic carbocycles. The summed E-state index contributed by atoms with van der Waals surface area (Å²) in [5.74, 6) is 0.159. The maximum atomic E-state index is 13.5. The fraction of sp³-hybridized carbons (Fsp3) is 0.419. The molecule has 10 heteroatoms. The molecule has 2 aromatic heterocycles. The topological polar surface area (TPSA) is 104 Å². The van der Waals surface area contributed by atoms with Gasteiger partial charge in [0.15, 0.2) is 17.3 Å². The number of benzene rings is 2. The molecule has 0 saturated heterocycles. The van der Waals surface area contributed by atoms with Gasteiger partial charge in [0, 0.05) is 20.6 Å². The molecule has 218 valence electrons. The number of hydrogen-bond donors (Lipinski definition) is 1. The molecule has 0 amide bonds. The van der Waals surface area contributed by atoms with Crippen LogP contribution in [0.2, 0.25) is 25.7 Å². The molecule has 4 rings (SSSR count). The smallest absolute Gasteiger partial charge is 0.253 e. The second kappa shape index (κ2) is 14.3. The molecule has 0 aliphatic carbocycles. The molecule has 1 unspecified atom stereocenters. The highest BCUT2D eigenvalue weighted by atomic mass is 28.3. The molecule has 0 spiro atoms. The number of nitrogens with zero attached hydrogens (tertiary/aromatic N) is 5. The molecule has 0 radical (unpaired) electrons. The van der Waals surface area contributed by atoms with Gasteiger partial charge < -0.3 is 14.6 Å². The van der Waals surface area contributed by atoms with Crippen molar-refractivity contribution in [2.24, 2.45) is 0 Å². The lowest BCUT2D eigenvalue weighted by atomic mass is 9.86. The summed E-state index contributed by atoms with van der Waals surface area (Å²) in [4.78, 5) is 17.9. The van der Waals surface area contributed by atoms with Crippen molar-refractivity contribution in [3.63, 3.8) is 0 Å². The molecule has 0 aliphatic heterocycles. The largest absolute Gasteiger partial charge is 0.488 e. The lowest BCUT2D eigenvalue weighted by Gasteiger charge is -2.24. The first-order valence-corrected chi connectivity index (χ1v) is 18.0. The Morgan fingerprint density at radius 1 is 0.976 bits per heavy atom. The minimum absolute atomic E-state index is 0.105. The summed E-state index contributed by atoms with van der Waals surface area (Å²) < 4.78 is 14.9. The summed E-state index contributed by atoms with van der Waals surface area (Å²) in [6, 6.07) is 20.8. The van der Waals surface area contributed by atoms with E-state index in [9.17, 15) is 9.90 Å². The molecule has 0 aliphatic rings. The standard InChI is InChI=1S/C31H41N5O4Si/c1-5-6-17-40-27-21-35(23-39-18-19-41(2,3)4)34-29(30(27)38)31-32-22-33-36(31)20-26(37)28(24-13-9-7-10-14-24)25-15-11-8-12-16-25/h7-16,21-22,26,28,37H,5-6,17-20,23H2,1-4H3. The van der Waals surface area contributed by atoms with E-state index in [1.165, 1.54) is 6.33 Å². The number of aromatic nitrogens is 5. The monoisotopic (exact) mass is 575 g/mol. The first-order valence-electron chi connectivity index (χ1n) is 14.2. The van der Waals surface area contributed by atoms with Crippen LogP contribution in [0, 0.1) is 0 Å². The van der Waals surface area contributed by atoms with Crippen LogP contribution < -0.4 is 10.2 Å². The van der Waals surface area contributed by atoms with Crippen LogP contribution in [-0.2, 0) is 18.0 Å². The number of rotatable bonds is 15. The Hall–Kier alpha value is -3.60. The van der Waals surface area contributed by atoms with Gasteiger partial charge in [0.2, 0.25) is 0 Å². The second-order valence-corrected chi connectivity index (χ2v) is 17.0. The molecule has 0 saturated carbocycles. The molecule has 1 atom stereocenters. The van der Waals surface area contributed by atoms with Gasteiger partial charge in [0.1, 0.15) is 13.1 Å². The van der Waals surface area contributed by atoms with Crippen LogP contribution in [0.3, 0.4) is 0 Å². The second-order valence-electron chi connectivity index (χ2n) is 11.4. The molecule has 2 heterocycles. The summed E-state index contributed by atoms with van der Waals surface area (Å²) in [6.45, 7) is 10.3. The summed E-state index contributed by atoms with van der Waals surface area (Å²) in [6.07, 6.45) is 3.89. The van der Waals surface area contributed by atoms with Gasteiger partial charge in [-0.2, -0.15) is 10.2 Å². The van der Waals surface area contributed by atoms with Gasteiger partial charge in [-0.25, -0.2) is 14.3 Å². The average Bonchev–Trinajstić information content (AvgIpc) is 3.41. The van der Waals surface area contributed by atoms with E-state index in [0.717, 1.165) is 30.0 Å². The van der Waals surface area contributed by atoms with E-state index < -0.39 is 14.2 Å². The van der Waals surface area contributed by atoms with Crippen molar-refractivity contribution in [3.8, 4) is 17.3 Å². The Morgan fingerprint density at radius 3 is 2.24 bits per heavy atom. The van der Waals surface area contributed by atoms with Gasteiger partial charge in [-0.1, -0.05) is 93.6 Å². The molecule has 0 fully saturated rings. The Morgan fingerprint density at radius 2 is 1.63 bits per heavy atom. The Balaban J connectivity index is 1.64. The number of hydrogen-bond acceptors (Lipinski definition) is 7. The highest BCUT2D eigenvalue weighted by Crippen LogP contribution is 2.29. The van der Waals surface area contributed by atoms with Crippen molar-refractivity contribution in [1.82, 2.24) is 24.5 Å². The van der Waals surface area contributed by atoms with Crippen LogP contribution >= 0.6 is 0 Å². The van der Waals surface area contributed by atoms with E-state index in [2.05, 4.69) is 41.7 Å². The third kappa shape index (κ3) is 8.45. The predicted molar refractivity (Wildman–Crippen MR) is 163 cm³/mol. The number of ether oxygens (including phenoxy) is 2. The first kappa shape index (κ1) is 30.4. The Labute approximate surface area is 242 Å². The minimum Gasteiger partial charge on any atom is -0.488 e. The molecule has 0 bridgehead atoms. The minimum atomic E-state index is -1.25. The fourth-order valence-corrected chi connectivity index (χ4v) is 5.27. The van der Waals surface area contributed by atoms with Gasteiger partial charge in [-0.3, -0.25) is 4.79 Å². The Bertz CT molecular complexity index is 1380. The molecular formula is C31H41N5O4Si. The van der Waals surface area contributed by atoms with Crippen molar-refractivity contribution in [3.05, 3.63) is 94.5 Å². The first-order chi connectivity index (χ1) is 19.8. The normalized spacial score (nSPS) is 12.5. The predicted octanol–water partition coefficient (Wildman–Crippen LogP) is 5.19. The van der Waals surface area contributed by atoms with Gasteiger partial charge in [-0.05, 0) is 23.6 Å². The summed E-state index contributed by atoms with van der Waals surface area (Å²) >= 11 is 0. The summed E-state index contributed by atoms with van der Waals surface area (Å²) in [5.41, 5.74) is 1.70. The molecular weight excluding hydrogens is 534 g/mol. The van der Waals surface area contributed by atoms with Crippen molar-refractivity contribution < 1.29 is 14.6 Å². The van der Waals surface area contributed by atoms with Gasteiger partial charge in [0.05, 0.1) is 25.5 Å². The van der Waals surface area contributed by atoms with Crippen LogP contribution in [0.15, 0.2) is 78.0 Å². The van der Waals surface area contributed by atoms with Crippen LogP contribution in [0.5, 0.6) is 5.75 Å². The summed E-state index contributed by atoms with van der Waals surface area (Å²) in [5, 5.41) is 20.5. The van der Waals surface area contributed by atoms with Crippen LogP contribution in [0.4, 0.5) is 0 Å². The molecule has 41 heavy (non-hydrogen) atoms. The Kier molecular flexibility index (Phi) is 10.6. The SMILES string of the molecule is CCCCOc1cn(COCC[Si](C)(C)C)nc(-c2ncnn2CC(O)C(c2ccccc2)c2ccccc2)c1=O. The zero-order valence-corrected chi connectivity index (χ0v) is 25.4. The lowest BCUT2D eigenvalue weighted by molar-refractivity contribution is 0.0766. The van der Waals surface area contributed by atoms with E-state index in [1.807, 2.05) is 60.7 Å². The summed E-state index contributed by atoms with van der Waals surface area (Å²) in [7, 11) is -1.25. The van der Waals surface area contributed by atoms with Gasteiger partial charge in [0.25, 0.3) is 5.43 Å². The van der Waals surface area contributed by atoms with Gasteiger partial charge in [-0.15, -0.1) is 0 Å². The maximum absolute atomic E-state index is 13.5. The van der Waals surface area contributed by atoms with Crippen molar-refractivity contribution in [2.45, 2.75) is 70.7 Å². The van der Waals surface area contributed by atoms with Crippen molar-refractivity contribution >= 4 is 8.07 Å². The highest BCUT2D eigenvalue weighted by Gasteiger charge is 2.26. The van der Waals surface area contributed by atoms with E-state index in [0.29, 0.717) is 13.2 Å². The van der Waals surface area contributed by atoms with E-state index in [4.69, 9.17) is 9.47 Å². The van der Waals surface area contributed by atoms with E-state index in [1.54, 1.807) is 15.6 Å².